The van der Waals surface area contributed by atoms with Gasteiger partial charge in [0.15, 0.2) is 5.82 Å². The minimum Gasteiger partial charge on any atom is -0.496 e. The fourth-order valence-corrected chi connectivity index (χ4v) is 2.00. The zero-order valence-corrected chi connectivity index (χ0v) is 11.9. The van der Waals surface area contributed by atoms with Crippen LogP contribution in [0.4, 0.5) is 5.69 Å². The van der Waals surface area contributed by atoms with E-state index in [-0.39, 0.29) is 6.10 Å². The molecule has 0 fully saturated rings. The van der Waals surface area contributed by atoms with E-state index in [9.17, 15) is 0 Å². The van der Waals surface area contributed by atoms with Crippen molar-refractivity contribution in [2.45, 2.75) is 26.5 Å². The van der Waals surface area contributed by atoms with Crippen molar-refractivity contribution >= 4 is 5.69 Å². The van der Waals surface area contributed by atoms with Gasteiger partial charge in [-0.05, 0) is 42.5 Å². The smallest absolute Gasteiger partial charge is 0.185 e. The van der Waals surface area contributed by atoms with Crippen LogP contribution in [-0.2, 0) is 11.3 Å². The molecule has 0 spiro atoms. The van der Waals surface area contributed by atoms with Gasteiger partial charge in [0.2, 0.25) is 0 Å². The minimum atomic E-state index is 0.0225. The van der Waals surface area contributed by atoms with Gasteiger partial charge in [0, 0.05) is 12.3 Å². The maximum Gasteiger partial charge on any atom is 0.185 e. The zero-order valence-electron chi connectivity index (χ0n) is 11.9. The van der Waals surface area contributed by atoms with E-state index in [2.05, 4.69) is 15.5 Å². The van der Waals surface area contributed by atoms with Crippen LogP contribution in [0.2, 0.25) is 0 Å². The molecule has 2 aromatic rings. The number of nitrogens with two attached hydrogens (primary N) is 1. The molecular weight excluding hydrogens is 258 g/mol. The van der Waals surface area contributed by atoms with Gasteiger partial charge >= 0.3 is 0 Å². The van der Waals surface area contributed by atoms with E-state index < -0.39 is 0 Å². The van der Waals surface area contributed by atoms with Crippen LogP contribution in [0, 0.1) is 0 Å². The predicted octanol–water partition coefficient (Wildman–Crippen LogP) is 1.36. The van der Waals surface area contributed by atoms with Crippen LogP contribution in [0.5, 0.6) is 5.75 Å². The molecule has 0 bridgehead atoms. The summed E-state index contributed by atoms with van der Waals surface area (Å²) in [5.41, 5.74) is 7.23. The highest BCUT2D eigenvalue weighted by Gasteiger charge is 2.16. The summed E-state index contributed by atoms with van der Waals surface area (Å²) < 4.78 is 12.5. The molecule has 0 aliphatic heterocycles. The molecule has 20 heavy (non-hydrogen) atoms. The first-order chi connectivity index (χ1) is 9.65. The van der Waals surface area contributed by atoms with E-state index in [1.165, 1.54) is 0 Å². The van der Waals surface area contributed by atoms with Gasteiger partial charge < -0.3 is 15.2 Å². The van der Waals surface area contributed by atoms with E-state index >= 15 is 0 Å². The largest absolute Gasteiger partial charge is 0.496 e. The lowest BCUT2D eigenvalue weighted by atomic mass is 10.1. The number of tetrazole rings is 1. The first kappa shape index (κ1) is 14.3. The summed E-state index contributed by atoms with van der Waals surface area (Å²) in [4.78, 5) is 0. The highest BCUT2D eigenvalue weighted by atomic mass is 16.5. The topological polar surface area (TPSA) is 88.1 Å². The van der Waals surface area contributed by atoms with Crippen LogP contribution in [-0.4, -0.2) is 40.0 Å². The number of hydrogen-bond donors (Lipinski definition) is 1. The summed E-state index contributed by atoms with van der Waals surface area (Å²) in [6.07, 6.45) is 0.0225. The Morgan fingerprint density at radius 1 is 1.40 bits per heavy atom. The van der Waals surface area contributed by atoms with Crippen molar-refractivity contribution in [2.24, 2.45) is 0 Å². The summed E-state index contributed by atoms with van der Waals surface area (Å²) in [7, 11) is 1.60. The Morgan fingerprint density at radius 2 is 2.20 bits per heavy atom. The minimum absolute atomic E-state index is 0.0225. The number of anilines is 1. The summed E-state index contributed by atoms with van der Waals surface area (Å²) in [5.74, 6) is 1.29. The van der Waals surface area contributed by atoms with Gasteiger partial charge in [0.25, 0.3) is 0 Å². The van der Waals surface area contributed by atoms with Crippen LogP contribution in [0.1, 0.15) is 13.8 Å². The van der Waals surface area contributed by atoms with Crippen LogP contribution < -0.4 is 10.5 Å². The number of aromatic nitrogens is 4. The van der Waals surface area contributed by atoms with Gasteiger partial charge in [-0.1, -0.05) is 0 Å². The van der Waals surface area contributed by atoms with Crippen molar-refractivity contribution < 1.29 is 9.47 Å². The number of rotatable bonds is 6. The Labute approximate surface area is 117 Å². The molecule has 7 nitrogen and oxygen atoms in total. The number of benzene rings is 1. The quantitative estimate of drug-likeness (QED) is 0.802. The van der Waals surface area contributed by atoms with Crippen LogP contribution in [0.25, 0.3) is 11.4 Å². The van der Waals surface area contributed by atoms with Crippen molar-refractivity contribution in [2.75, 3.05) is 19.5 Å². The fourth-order valence-electron chi connectivity index (χ4n) is 2.00. The number of ether oxygens (including phenoxy) is 2. The maximum atomic E-state index is 5.83. The molecule has 1 unspecified atom stereocenters. The first-order valence-electron chi connectivity index (χ1n) is 6.47. The Kier molecular flexibility index (Phi) is 4.52. The standard InChI is InChI=1S/C13H19N5O2/c1-4-20-9(2)8-18-13(15-16-17-18)11-7-10(14)5-6-12(11)19-3/h5-7,9H,4,8,14H2,1-3H3. The third kappa shape index (κ3) is 3.05. The molecule has 0 amide bonds. The third-order valence-electron chi connectivity index (χ3n) is 2.88. The van der Waals surface area contributed by atoms with E-state index in [1.54, 1.807) is 30.0 Å². The van der Waals surface area contributed by atoms with Gasteiger partial charge in [-0.15, -0.1) is 5.10 Å². The van der Waals surface area contributed by atoms with E-state index in [0.29, 0.717) is 30.4 Å². The lowest BCUT2D eigenvalue weighted by Gasteiger charge is -2.13. The van der Waals surface area contributed by atoms with E-state index in [0.717, 1.165) is 5.56 Å². The molecule has 2 rings (SSSR count). The second-order valence-electron chi connectivity index (χ2n) is 4.41. The van der Waals surface area contributed by atoms with Crippen molar-refractivity contribution in [3.8, 4) is 17.1 Å². The molecular formula is C13H19N5O2. The molecule has 0 saturated heterocycles. The Morgan fingerprint density at radius 3 is 2.90 bits per heavy atom. The van der Waals surface area contributed by atoms with Crippen molar-refractivity contribution in [1.29, 1.82) is 0 Å². The average Bonchev–Trinajstić information content (AvgIpc) is 2.86. The number of nitrogen functional groups attached to an aromatic ring is 1. The van der Waals surface area contributed by atoms with Crippen LogP contribution >= 0.6 is 0 Å². The van der Waals surface area contributed by atoms with Crippen LogP contribution in [0.15, 0.2) is 18.2 Å². The maximum absolute atomic E-state index is 5.83. The van der Waals surface area contributed by atoms with Gasteiger partial charge in [-0.25, -0.2) is 4.68 Å². The summed E-state index contributed by atoms with van der Waals surface area (Å²) in [6, 6.07) is 5.38. The molecule has 7 heteroatoms. The van der Waals surface area contributed by atoms with Crippen molar-refractivity contribution in [1.82, 2.24) is 20.2 Å². The fraction of sp³-hybridized carbons (Fsp3) is 0.462. The van der Waals surface area contributed by atoms with Crippen molar-refractivity contribution in [3.05, 3.63) is 18.2 Å². The molecule has 0 radical (unpaired) electrons. The molecule has 2 N–H and O–H groups in total. The molecule has 1 aromatic carbocycles. The third-order valence-corrected chi connectivity index (χ3v) is 2.88. The molecule has 1 aromatic heterocycles. The summed E-state index contributed by atoms with van der Waals surface area (Å²) in [6.45, 7) is 5.15. The van der Waals surface area contributed by atoms with E-state index in [4.69, 9.17) is 15.2 Å². The van der Waals surface area contributed by atoms with Gasteiger partial charge in [0.05, 0.1) is 25.3 Å². The Bertz CT molecular complexity index is 570. The second-order valence-corrected chi connectivity index (χ2v) is 4.41. The number of methoxy groups -OCH3 is 1. The lowest BCUT2D eigenvalue weighted by molar-refractivity contribution is 0.0614. The molecule has 1 heterocycles. The highest BCUT2D eigenvalue weighted by molar-refractivity contribution is 5.68. The number of nitrogens with zero attached hydrogens (tertiary/aromatic N) is 4. The molecule has 108 valence electrons. The van der Waals surface area contributed by atoms with E-state index in [1.807, 2.05) is 13.8 Å². The molecule has 0 aliphatic carbocycles. The predicted molar refractivity (Wildman–Crippen MR) is 75.3 cm³/mol. The normalized spacial score (nSPS) is 12.3. The van der Waals surface area contributed by atoms with Gasteiger partial charge in [-0.2, -0.15) is 0 Å². The first-order valence-corrected chi connectivity index (χ1v) is 6.47. The van der Waals surface area contributed by atoms with Gasteiger partial charge in [-0.3, -0.25) is 0 Å². The van der Waals surface area contributed by atoms with Gasteiger partial charge in [0.1, 0.15) is 5.75 Å². The van der Waals surface area contributed by atoms with Crippen molar-refractivity contribution in [3.63, 3.8) is 0 Å². The summed E-state index contributed by atoms with van der Waals surface area (Å²) in [5, 5.41) is 11.8. The highest BCUT2D eigenvalue weighted by Crippen LogP contribution is 2.30. The molecule has 1 atom stereocenters. The van der Waals surface area contributed by atoms with Crippen LogP contribution in [0.3, 0.4) is 0 Å². The number of hydrogen-bond acceptors (Lipinski definition) is 6. The molecule has 0 aliphatic rings. The monoisotopic (exact) mass is 277 g/mol. The Hall–Kier alpha value is -2.15. The second kappa shape index (κ2) is 6.33. The average molecular weight is 277 g/mol. The molecule has 0 saturated carbocycles. The SMILES string of the molecule is CCOC(C)Cn1nnnc1-c1cc(N)ccc1OC. The summed E-state index contributed by atoms with van der Waals surface area (Å²) >= 11 is 0. The Balaban J connectivity index is 2.34. The lowest BCUT2D eigenvalue weighted by Crippen LogP contribution is -2.18. The zero-order chi connectivity index (χ0) is 14.5.